The first-order valence-electron chi connectivity index (χ1n) is 6.27. The molecule has 2 heteroatoms. The van der Waals surface area contributed by atoms with Gasteiger partial charge in [-0.05, 0) is 45.4 Å². The van der Waals surface area contributed by atoms with Crippen LogP contribution in [0.1, 0.15) is 26.0 Å². The van der Waals surface area contributed by atoms with Crippen molar-refractivity contribution in [3.8, 4) is 0 Å². The number of rotatable bonds is 0. The van der Waals surface area contributed by atoms with Crippen molar-refractivity contribution in [3.05, 3.63) is 59.5 Å². The summed E-state index contributed by atoms with van der Waals surface area (Å²) in [7, 11) is 0. The van der Waals surface area contributed by atoms with Crippen LogP contribution in [0.5, 0.6) is 0 Å². The van der Waals surface area contributed by atoms with Crippen LogP contribution in [0.3, 0.4) is 0 Å². The van der Waals surface area contributed by atoms with Gasteiger partial charge in [-0.15, -0.1) is 0 Å². The van der Waals surface area contributed by atoms with Gasteiger partial charge in [0.05, 0.1) is 6.54 Å². The molecule has 1 aliphatic carbocycles. The van der Waals surface area contributed by atoms with Gasteiger partial charge in [0.15, 0.2) is 0 Å². The Morgan fingerprint density at radius 2 is 2.06 bits per heavy atom. The lowest BCUT2D eigenvalue weighted by Crippen LogP contribution is -1.70. The van der Waals surface area contributed by atoms with Crippen LogP contribution in [0.15, 0.2) is 58.8 Å². The van der Waals surface area contributed by atoms with Crippen LogP contribution in [0, 0.1) is 6.92 Å². The molecule has 1 aromatic rings. The van der Waals surface area contributed by atoms with Gasteiger partial charge in [-0.25, -0.2) is 0 Å². The Balaban J connectivity index is 0.000000135. The summed E-state index contributed by atoms with van der Waals surface area (Å²) in [6, 6.07) is 4.01. The molecule has 0 radical (unpaired) electrons. The second-order valence-corrected chi connectivity index (χ2v) is 4.44. The summed E-state index contributed by atoms with van der Waals surface area (Å²) in [4.78, 5) is 6.95. The molecule has 0 unspecified atom stereocenters. The van der Waals surface area contributed by atoms with Crippen LogP contribution < -0.4 is 0 Å². The molecule has 1 aromatic heterocycles. The predicted octanol–water partition coefficient (Wildman–Crippen LogP) is 4.23. The van der Waals surface area contributed by atoms with E-state index in [9.17, 15) is 0 Å². The van der Waals surface area contributed by atoms with Crippen molar-refractivity contribution >= 4 is 6.21 Å². The molecule has 1 N–H and O–H groups in total. The third kappa shape index (κ3) is 6.69. The van der Waals surface area contributed by atoms with Gasteiger partial charge in [-0.1, -0.05) is 29.4 Å². The number of nitrogens with one attached hydrogen (secondary N) is 1. The van der Waals surface area contributed by atoms with E-state index in [0.717, 1.165) is 13.0 Å². The highest BCUT2D eigenvalue weighted by atomic mass is 14.7. The standard InChI is InChI=1S/C6H8.2C5H7N/c1-6-4-2-3-5-6;1-5-2-3-6-4-5;1-5-3-2-4-6-5/h2,4-5H,3H2,1H3;2-3H,4H2,1H3;2-4,6H,1H3. The number of aromatic amines is 1. The Morgan fingerprint density at radius 3 is 2.22 bits per heavy atom. The molecule has 2 nitrogen and oxygen atoms in total. The number of hydrogen-bond donors (Lipinski definition) is 1. The minimum Gasteiger partial charge on any atom is -0.365 e. The second kappa shape index (κ2) is 8.29. The SMILES string of the molecule is CC1=CC=NC1.CC1=CCC=C1.Cc1ccc[nH]1. The smallest absolute Gasteiger partial charge is 0.0600 e. The summed E-state index contributed by atoms with van der Waals surface area (Å²) in [5.41, 5.74) is 3.97. The average molecular weight is 242 g/mol. The summed E-state index contributed by atoms with van der Waals surface area (Å²) >= 11 is 0. The molecule has 18 heavy (non-hydrogen) atoms. The number of nitrogens with zero attached hydrogens (tertiary/aromatic N) is 1. The van der Waals surface area contributed by atoms with Crippen LogP contribution in [-0.4, -0.2) is 17.7 Å². The van der Waals surface area contributed by atoms with E-state index in [-0.39, 0.29) is 0 Å². The molecule has 0 aromatic carbocycles. The fraction of sp³-hybridized carbons (Fsp3) is 0.312. The van der Waals surface area contributed by atoms with Crippen molar-refractivity contribution < 1.29 is 0 Å². The second-order valence-electron chi connectivity index (χ2n) is 4.44. The normalized spacial score (nSPS) is 15.3. The van der Waals surface area contributed by atoms with Crippen LogP contribution in [-0.2, 0) is 0 Å². The zero-order valence-electron chi connectivity index (χ0n) is 11.5. The number of aromatic nitrogens is 1. The van der Waals surface area contributed by atoms with Crippen LogP contribution in [0.4, 0.5) is 0 Å². The predicted molar refractivity (Wildman–Crippen MR) is 80.2 cm³/mol. The van der Waals surface area contributed by atoms with Gasteiger partial charge in [0.1, 0.15) is 0 Å². The van der Waals surface area contributed by atoms with Crippen molar-refractivity contribution in [3.63, 3.8) is 0 Å². The molecule has 0 atom stereocenters. The van der Waals surface area contributed by atoms with Crippen molar-refractivity contribution in [1.29, 1.82) is 0 Å². The number of aliphatic imine (C=N–C) groups is 1. The summed E-state index contributed by atoms with van der Waals surface area (Å²) in [6.07, 6.45) is 13.4. The molecule has 0 saturated carbocycles. The summed E-state index contributed by atoms with van der Waals surface area (Å²) < 4.78 is 0. The molecule has 0 spiro atoms. The third-order valence-electron chi connectivity index (χ3n) is 2.52. The highest BCUT2D eigenvalue weighted by molar-refractivity contribution is 5.74. The third-order valence-corrected chi connectivity index (χ3v) is 2.52. The highest BCUT2D eigenvalue weighted by Gasteiger charge is 1.87. The molecule has 0 saturated heterocycles. The average Bonchev–Trinajstić information content (AvgIpc) is 3.05. The maximum atomic E-state index is 3.95. The fourth-order valence-electron chi connectivity index (χ4n) is 1.43. The van der Waals surface area contributed by atoms with E-state index in [1.54, 1.807) is 0 Å². The quantitative estimate of drug-likeness (QED) is 0.705. The first-order chi connectivity index (χ1) is 8.68. The first kappa shape index (κ1) is 14.2. The molecule has 0 bridgehead atoms. The summed E-state index contributed by atoms with van der Waals surface area (Å²) in [5.74, 6) is 0. The van der Waals surface area contributed by atoms with E-state index >= 15 is 0 Å². The molecule has 0 fully saturated rings. The summed E-state index contributed by atoms with van der Waals surface area (Å²) in [5, 5.41) is 0. The number of hydrogen-bond acceptors (Lipinski definition) is 1. The van der Waals surface area contributed by atoms with E-state index in [0.29, 0.717) is 0 Å². The molecule has 96 valence electrons. The Labute approximate surface area is 110 Å². The van der Waals surface area contributed by atoms with Crippen LogP contribution >= 0.6 is 0 Å². The topological polar surface area (TPSA) is 28.1 Å². The van der Waals surface area contributed by atoms with E-state index < -0.39 is 0 Å². The van der Waals surface area contributed by atoms with Gasteiger partial charge in [0.25, 0.3) is 0 Å². The number of allylic oxidation sites excluding steroid dienone is 5. The minimum atomic E-state index is 0.917. The van der Waals surface area contributed by atoms with E-state index in [1.165, 1.54) is 16.8 Å². The van der Waals surface area contributed by atoms with Crippen molar-refractivity contribution in [1.82, 2.24) is 4.98 Å². The van der Waals surface area contributed by atoms with Crippen molar-refractivity contribution in [2.75, 3.05) is 6.54 Å². The van der Waals surface area contributed by atoms with E-state index in [4.69, 9.17) is 0 Å². The maximum absolute atomic E-state index is 3.95. The molecular weight excluding hydrogens is 220 g/mol. The van der Waals surface area contributed by atoms with Gasteiger partial charge >= 0.3 is 0 Å². The van der Waals surface area contributed by atoms with Crippen molar-refractivity contribution in [2.45, 2.75) is 27.2 Å². The van der Waals surface area contributed by atoms with Crippen LogP contribution in [0.25, 0.3) is 0 Å². The van der Waals surface area contributed by atoms with E-state index in [1.807, 2.05) is 37.5 Å². The fourth-order valence-corrected chi connectivity index (χ4v) is 1.43. The molecular formula is C16H22N2. The molecule has 0 amide bonds. The van der Waals surface area contributed by atoms with Gasteiger partial charge in [0, 0.05) is 18.1 Å². The highest BCUT2D eigenvalue weighted by Crippen LogP contribution is 2.05. The monoisotopic (exact) mass is 242 g/mol. The lowest BCUT2D eigenvalue weighted by molar-refractivity contribution is 1.18. The van der Waals surface area contributed by atoms with Gasteiger partial charge < -0.3 is 4.98 Å². The molecule has 3 rings (SSSR count). The van der Waals surface area contributed by atoms with Crippen molar-refractivity contribution in [2.24, 2.45) is 4.99 Å². The number of aryl methyl sites for hydroxylation is 1. The Morgan fingerprint density at radius 1 is 1.22 bits per heavy atom. The molecule has 2 heterocycles. The zero-order valence-corrected chi connectivity index (χ0v) is 11.5. The lowest BCUT2D eigenvalue weighted by atomic mass is 10.3. The zero-order chi connectivity index (χ0) is 13.2. The Bertz CT molecular complexity index is 443. The molecule has 1 aliphatic heterocycles. The van der Waals surface area contributed by atoms with Gasteiger partial charge in [-0.2, -0.15) is 0 Å². The van der Waals surface area contributed by atoms with Gasteiger partial charge in [-0.3, -0.25) is 4.99 Å². The van der Waals surface area contributed by atoms with Crippen LogP contribution in [0.2, 0.25) is 0 Å². The van der Waals surface area contributed by atoms with E-state index in [2.05, 4.69) is 42.1 Å². The Hall–Kier alpha value is -1.83. The Kier molecular flexibility index (Phi) is 6.55. The summed E-state index contributed by atoms with van der Waals surface area (Å²) in [6.45, 7) is 7.14. The van der Waals surface area contributed by atoms with Gasteiger partial charge in [0.2, 0.25) is 0 Å². The molecule has 2 aliphatic rings. The maximum Gasteiger partial charge on any atom is 0.0600 e. The lowest BCUT2D eigenvalue weighted by Gasteiger charge is -1.77. The minimum absolute atomic E-state index is 0.917. The largest absolute Gasteiger partial charge is 0.365 e. The number of H-pyrrole nitrogens is 1. The first-order valence-corrected chi connectivity index (χ1v) is 6.27.